The maximum atomic E-state index is 12.1. The maximum Gasteiger partial charge on any atom is 0.152 e. The second-order valence-corrected chi connectivity index (χ2v) is 7.15. The van der Waals surface area contributed by atoms with E-state index in [-0.39, 0.29) is 23.5 Å². The van der Waals surface area contributed by atoms with Crippen molar-refractivity contribution in [2.45, 2.75) is 26.8 Å². The van der Waals surface area contributed by atoms with Gasteiger partial charge in [0, 0.05) is 6.04 Å². The number of benzene rings is 1. The standard InChI is InChI=1S/C14H23NO2S/c1-4-15-14(13-8-6-5-7-9-13)11-18(16,17)10-12(2)3/h5-9,12,14-15H,4,10-11H2,1-3H3. The van der Waals surface area contributed by atoms with Gasteiger partial charge in [-0.25, -0.2) is 8.42 Å². The fraction of sp³-hybridized carbons (Fsp3) is 0.571. The molecule has 0 saturated heterocycles. The van der Waals surface area contributed by atoms with Crippen molar-refractivity contribution >= 4 is 9.84 Å². The van der Waals surface area contributed by atoms with Crippen LogP contribution in [0.2, 0.25) is 0 Å². The fourth-order valence-corrected chi connectivity index (χ4v) is 4.00. The zero-order chi connectivity index (χ0) is 13.6. The number of rotatable bonds is 7. The maximum absolute atomic E-state index is 12.1. The summed E-state index contributed by atoms with van der Waals surface area (Å²) >= 11 is 0. The van der Waals surface area contributed by atoms with E-state index in [1.54, 1.807) is 0 Å². The molecule has 0 aromatic heterocycles. The lowest BCUT2D eigenvalue weighted by Crippen LogP contribution is -2.30. The van der Waals surface area contributed by atoms with Gasteiger partial charge in [-0.2, -0.15) is 0 Å². The van der Waals surface area contributed by atoms with Gasteiger partial charge in [0.2, 0.25) is 0 Å². The van der Waals surface area contributed by atoms with Crippen LogP contribution in [0, 0.1) is 5.92 Å². The summed E-state index contributed by atoms with van der Waals surface area (Å²) in [6.07, 6.45) is 0. The van der Waals surface area contributed by atoms with Crippen molar-refractivity contribution in [3.63, 3.8) is 0 Å². The van der Waals surface area contributed by atoms with E-state index in [0.717, 1.165) is 12.1 Å². The number of sulfone groups is 1. The second kappa shape index (κ2) is 6.90. The van der Waals surface area contributed by atoms with Gasteiger partial charge in [0.05, 0.1) is 11.5 Å². The molecule has 4 heteroatoms. The van der Waals surface area contributed by atoms with Crippen molar-refractivity contribution in [2.24, 2.45) is 5.92 Å². The Bertz CT molecular complexity index is 440. The molecule has 102 valence electrons. The van der Waals surface area contributed by atoms with Crippen LogP contribution < -0.4 is 5.32 Å². The van der Waals surface area contributed by atoms with E-state index < -0.39 is 9.84 Å². The van der Waals surface area contributed by atoms with E-state index in [1.807, 2.05) is 51.1 Å². The van der Waals surface area contributed by atoms with Crippen LogP contribution in [-0.4, -0.2) is 26.5 Å². The first-order valence-electron chi connectivity index (χ1n) is 6.43. The van der Waals surface area contributed by atoms with Gasteiger partial charge in [-0.3, -0.25) is 0 Å². The third-order valence-electron chi connectivity index (χ3n) is 2.66. The van der Waals surface area contributed by atoms with E-state index in [4.69, 9.17) is 0 Å². The lowest BCUT2D eigenvalue weighted by molar-refractivity contribution is 0.551. The lowest BCUT2D eigenvalue weighted by atomic mass is 10.1. The van der Waals surface area contributed by atoms with Crippen LogP contribution in [0.15, 0.2) is 30.3 Å². The van der Waals surface area contributed by atoms with Crippen LogP contribution in [0.1, 0.15) is 32.4 Å². The highest BCUT2D eigenvalue weighted by molar-refractivity contribution is 7.91. The largest absolute Gasteiger partial charge is 0.309 e. The molecule has 0 aliphatic rings. The molecule has 1 aromatic carbocycles. The molecule has 0 fully saturated rings. The van der Waals surface area contributed by atoms with Crippen LogP contribution in [0.5, 0.6) is 0 Å². The molecule has 0 spiro atoms. The number of hydrogen-bond acceptors (Lipinski definition) is 3. The Morgan fingerprint density at radius 1 is 1.11 bits per heavy atom. The van der Waals surface area contributed by atoms with Gasteiger partial charge in [0.25, 0.3) is 0 Å². The SMILES string of the molecule is CCNC(CS(=O)(=O)CC(C)C)c1ccccc1. The molecule has 0 radical (unpaired) electrons. The van der Waals surface area contributed by atoms with Gasteiger partial charge in [0.1, 0.15) is 0 Å². The lowest BCUT2D eigenvalue weighted by Gasteiger charge is -2.19. The molecule has 0 heterocycles. The van der Waals surface area contributed by atoms with Crippen molar-refractivity contribution in [2.75, 3.05) is 18.1 Å². The summed E-state index contributed by atoms with van der Waals surface area (Å²) in [6.45, 7) is 6.62. The second-order valence-electron chi connectivity index (χ2n) is 4.99. The molecule has 1 aromatic rings. The van der Waals surface area contributed by atoms with Gasteiger partial charge in [-0.15, -0.1) is 0 Å². The number of nitrogens with one attached hydrogen (secondary N) is 1. The summed E-state index contributed by atoms with van der Waals surface area (Å²) in [4.78, 5) is 0. The monoisotopic (exact) mass is 269 g/mol. The Balaban J connectivity index is 2.81. The normalized spacial score (nSPS) is 13.8. The minimum absolute atomic E-state index is 0.111. The molecule has 0 saturated carbocycles. The van der Waals surface area contributed by atoms with Gasteiger partial charge in [0.15, 0.2) is 9.84 Å². The third kappa shape index (κ3) is 5.19. The van der Waals surface area contributed by atoms with Gasteiger partial charge >= 0.3 is 0 Å². The quantitative estimate of drug-likeness (QED) is 0.827. The Hall–Kier alpha value is -0.870. The Morgan fingerprint density at radius 2 is 1.72 bits per heavy atom. The predicted octanol–water partition coefficient (Wildman–Crippen LogP) is 2.41. The van der Waals surface area contributed by atoms with E-state index in [1.165, 1.54) is 0 Å². The van der Waals surface area contributed by atoms with Gasteiger partial charge in [-0.1, -0.05) is 51.1 Å². The van der Waals surface area contributed by atoms with Crippen LogP contribution in [0.3, 0.4) is 0 Å². The molecule has 1 rings (SSSR count). The zero-order valence-corrected chi connectivity index (χ0v) is 12.2. The average Bonchev–Trinajstić information content (AvgIpc) is 2.27. The Morgan fingerprint density at radius 3 is 2.22 bits per heavy atom. The molecular weight excluding hydrogens is 246 g/mol. The molecular formula is C14H23NO2S. The van der Waals surface area contributed by atoms with E-state index in [9.17, 15) is 8.42 Å². The summed E-state index contributed by atoms with van der Waals surface area (Å²) in [5, 5.41) is 3.25. The van der Waals surface area contributed by atoms with Crippen LogP contribution in [-0.2, 0) is 9.84 Å². The highest BCUT2D eigenvalue weighted by atomic mass is 32.2. The Kier molecular flexibility index (Phi) is 5.82. The van der Waals surface area contributed by atoms with Gasteiger partial charge < -0.3 is 5.32 Å². The molecule has 0 bridgehead atoms. The molecule has 0 aliphatic carbocycles. The first kappa shape index (κ1) is 15.2. The molecule has 18 heavy (non-hydrogen) atoms. The van der Waals surface area contributed by atoms with Crippen molar-refractivity contribution < 1.29 is 8.42 Å². The van der Waals surface area contributed by atoms with Crippen LogP contribution >= 0.6 is 0 Å². The molecule has 0 aliphatic heterocycles. The summed E-state index contributed by atoms with van der Waals surface area (Å²) in [5.41, 5.74) is 1.03. The van der Waals surface area contributed by atoms with Crippen molar-refractivity contribution in [1.29, 1.82) is 0 Å². The topological polar surface area (TPSA) is 46.2 Å². The summed E-state index contributed by atoms with van der Waals surface area (Å²) in [7, 11) is -3.01. The minimum Gasteiger partial charge on any atom is -0.309 e. The third-order valence-corrected chi connectivity index (χ3v) is 4.68. The zero-order valence-electron chi connectivity index (χ0n) is 11.4. The highest BCUT2D eigenvalue weighted by Gasteiger charge is 2.20. The fourth-order valence-electron chi connectivity index (χ4n) is 2.03. The van der Waals surface area contributed by atoms with Crippen LogP contribution in [0.4, 0.5) is 0 Å². The van der Waals surface area contributed by atoms with Crippen molar-refractivity contribution in [1.82, 2.24) is 5.32 Å². The highest BCUT2D eigenvalue weighted by Crippen LogP contribution is 2.16. The summed E-state index contributed by atoms with van der Waals surface area (Å²) < 4.78 is 24.1. The number of hydrogen-bond donors (Lipinski definition) is 1. The van der Waals surface area contributed by atoms with Gasteiger partial charge in [-0.05, 0) is 18.0 Å². The van der Waals surface area contributed by atoms with Crippen molar-refractivity contribution in [3.8, 4) is 0 Å². The minimum atomic E-state index is -3.01. The first-order chi connectivity index (χ1) is 8.44. The molecule has 1 unspecified atom stereocenters. The first-order valence-corrected chi connectivity index (χ1v) is 8.25. The molecule has 1 atom stereocenters. The average molecular weight is 269 g/mol. The van der Waals surface area contributed by atoms with Crippen LogP contribution in [0.25, 0.3) is 0 Å². The smallest absolute Gasteiger partial charge is 0.152 e. The van der Waals surface area contributed by atoms with Crippen molar-refractivity contribution in [3.05, 3.63) is 35.9 Å². The predicted molar refractivity (Wildman–Crippen MR) is 76.4 cm³/mol. The molecule has 0 amide bonds. The molecule has 3 nitrogen and oxygen atoms in total. The molecule has 1 N–H and O–H groups in total. The Labute approximate surface area is 111 Å². The van der Waals surface area contributed by atoms with E-state index >= 15 is 0 Å². The summed E-state index contributed by atoms with van der Waals surface area (Å²) in [5.74, 6) is 0.596. The van der Waals surface area contributed by atoms with E-state index in [0.29, 0.717) is 0 Å². The summed E-state index contributed by atoms with van der Waals surface area (Å²) in [6, 6.07) is 9.65. The van der Waals surface area contributed by atoms with E-state index in [2.05, 4.69) is 5.32 Å².